The van der Waals surface area contributed by atoms with E-state index in [0.717, 1.165) is 12.8 Å². The molecule has 8 heteroatoms. The highest BCUT2D eigenvalue weighted by molar-refractivity contribution is 5.91. The van der Waals surface area contributed by atoms with Crippen molar-refractivity contribution in [1.82, 2.24) is 15.1 Å². The van der Waals surface area contributed by atoms with Gasteiger partial charge in [0.15, 0.2) is 5.82 Å². The van der Waals surface area contributed by atoms with E-state index >= 15 is 0 Å². The van der Waals surface area contributed by atoms with Gasteiger partial charge in [-0.25, -0.2) is 4.79 Å². The number of amides is 2. The molecule has 0 saturated carbocycles. The van der Waals surface area contributed by atoms with Gasteiger partial charge in [-0.1, -0.05) is 13.8 Å². The molecule has 1 aromatic rings. The maximum absolute atomic E-state index is 11.7. The normalized spacial score (nSPS) is 15.2. The first-order valence-electron chi connectivity index (χ1n) is 8.32. The first-order valence-corrected chi connectivity index (χ1v) is 8.32. The van der Waals surface area contributed by atoms with E-state index in [0.29, 0.717) is 31.3 Å². The van der Waals surface area contributed by atoms with E-state index in [-0.39, 0.29) is 24.0 Å². The standard InChI is InChI=1S/C16H25N5O3/c1-4-24-16(23)21-9-7-12(8-10-21)17-13-5-6-14(20-19-13)18-15(22)11(2)3/h5-6,11-12H,4,7-10H2,1-3H3,(H,17,19)(H,18,20,22). The molecule has 0 unspecified atom stereocenters. The van der Waals surface area contributed by atoms with Crippen LogP contribution in [0.3, 0.4) is 0 Å². The van der Waals surface area contributed by atoms with Crippen LogP contribution in [0.1, 0.15) is 33.6 Å². The van der Waals surface area contributed by atoms with E-state index in [1.807, 2.05) is 13.8 Å². The lowest BCUT2D eigenvalue weighted by molar-refractivity contribution is -0.118. The SMILES string of the molecule is CCOC(=O)N1CCC(Nc2ccc(NC(=O)C(C)C)nn2)CC1. The van der Waals surface area contributed by atoms with Crippen LogP contribution in [-0.2, 0) is 9.53 Å². The second-order valence-corrected chi connectivity index (χ2v) is 6.05. The Hall–Kier alpha value is -2.38. The number of piperidine rings is 1. The highest BCUT2D eigenvalue weighted by Gasteiger charge is 2.23. The lowest BCUT2D eigenvalue weighted by Gasteiger charge is -2.31. The number of anilines is 2. The minimum Gasteiger partial charge on any atom is -0.450 e. The Morgan fingerprint density at radius 1 is 1.25 bits per heavy atom. The van der Waals surface area contributed by atoms with E-state index in [1.165, 1.54) is 0 Å². The van der Waals surface area contributed by atoms with E-state index in [4.69, 9.17) is 4.74 Å². The number of ether oxygens (including phenoxy) is 1. The number of nitrogens with one attached hydrogen (secondary N) is 2. The van der Waals surface area contributed by atoms with Gasteiger partial charge in [-0.2, -0.15) is 0 Å². The molecule has 2 heterocycles. The number of rotatable bonds is 5. The predicted octanol–water partition coefficient (Wildman–Crippen LogP) is 2.10. The largest absolute Gasteiger partial charge is 0.450 e. The van der Waals surface area contributed by atoms with Gasteiger partial charge in [-0.3, -0.25) is 4.79 Å². The minimum absolute atomic E-state index is 0.0867. The summed E-state index contributed by atoms with van der Waals surface area (Å²) < 4.78 is 5.01. The lowest BCUT2D eigenvalue weighted by Crippen LogP contribution is -2.42. The molecular formula is C16H25N5O3. The van der Waals surface area contributed by atoms with Gasteiger partial charge in [0.2, 0.25) is 5.91 Å². The molecule has 2 N–H and O–H groups in total. The van der Waals surface area contributed by atoms with Crippen LogP contribution in [0.25, 0.3) is 0 Å². The minimum atomic E-state index is -0.249. The zero-order chi connectivity index (χ0) is 17.5. The quantitative estimate of drug-likeness (QED) is 0.855. The van der Waals surface area contributed by atoms with E-state index in [1.54, 1.807) is 24.0 Å². The van der Waals surface area contributed by atoms with Gasteiger partial charge < -0.3 is 20.3 Å². The van der Waals surface area contributed by atoms with Crippen molar-refractivity contribution in [3.8, 4) is 0 Å². The lowest BCUT2D eigenvalue weighted by atomic mass is 10.1. The van der Waals surface area contributed by atoms with Crippen molar-refractivity contribution in [2.45, 2.75) is 39.7 Å². The average Bonchev–Trinajstić information content (AvgIpc) is 2.57. The number of hydrogen-bond donors (Lipinski definition) is 2. The zero-order valence-electron chi connectivity index (χ0n) is 14.4. The van der Waals surface area contributed by atoms with Gasteiger partial charge in [0.1, 0.15) is 5.82 Å². The summed E-state index contributed by atoms with van der Waals surface area (Å²) in [4.78, 5) is 25.0. The number of carbonyl (C=O) groups is 2. The highest BCUT2D eigenvalue weighted by Crippen LogP contribution is 2.16. The summed E-state index contributed by atoms with van der Waals surface area (Å²) in [6.07, 6.45) is 1.40. The summed E-state index contributed by atoms with van der Waals surface area (Å²) >= 11 is 0. The fourth-order valence-corrected chi connectivity index (χ4v) is 2.38. The number of likely N-dealkylation sites (tertiary alicyclic amines) is 1. The van der Waals surface area contributed by atoms with Crippen LogP contribution < -0.4 is 10.6 Å². The van der Waals surface area contributed by atoms with Gasteiger partial charge in [0.05, 0.1) is 6.61 Å². The van der Waals surface area contributed by atoms with Crippen LogP contribution in [0.5, 0.6) is 0 Å². The summed E-state index contributed by atoms with van der Waals surface area (Å²) in [5.74, 6) is 0.911. The first kappa shape index (κ1) is 18.0. The van der Waals surface area contributed by atoms with Crippen molar-refractivity contribution in [1.29, 1.82) is 0 Å². The summed E-state index contributed by atoms with van der Waals surface area (Å²) in [5.41, 5.74) is 0. The molecule has 1 aliphatic rings. The van der Waals surface area contributed by atoms with Crippen molar-refractivity contribution in [3.63, 3.8) is 0 Å². The van der Waals surface area contributed by atoms with Crippen molar-refractivity contribution >= 4 is 23.6 Å². The second-order valence-electron chi connectivity index (χ2n) is 6.05. The van der Waals surface area contributed by atoms with E-state index < -0.39 is 0 Å². The van der Waals surface area contributed by atoms with E-state index in [9.17, 15) is 9.59 Å². The molecule has 0 aliphatic carbocycles. The topological polar surface area (TPSA) is 96.5 Å². The fraction of sp³-hybridized carbons (Fsp3) is 0.625. The highest BCUT2D eigenvalue weighted by atomic mass is 16.6. The number of hydrogen-bond acceptors (Lipinski definition) is 6. The van der Waals surface area contributed by atoms with Crippen LogP contribution in [0.2, 0.25) is 0 Å². The van der Waals surface area contributed by atoms with Crippen LogP contribution >= 0.6 is 0 Å². The third kappa shape index (κ3) is 5.07. The molecule has 1 aromatic heterocycles. The van der Waals surface area contributed by atoms with Crippen LogP contribution in [0.4, 0.5) is 16.4 Å². The third-order valence-electron chi connectivity index (χ3n) is 3.81. The maximum Gasteiger partial charge on any atom is 0.409 e. The molecule has 2 amide bonds. The smallest absolute Gasteiger partial charge is 0.409 e. The van der Waals surface area contributed by atoms with E-state index in [2.05, 4.69) is 20.8 Å². The van der Waals surface area contributed by atoms with Gasteiger partial charge in [0, 0.05) is 25.0 Å². The molecular weight excluding hydrogens is 310 g/mol. The summed E-state index contributed by atoms with van der Waals surface area (Å²) in [7, 11) is 0. The van der Waals surface area contributed by atoms with Crippen molar-refractivity contribution < 1.29 is 14.3 Å². The van der Waals surface area contributed by atoms with Crippen LogP contribution in [0, 0.1) is 5.92 Å². The second kappa shape index (κ2) is 8.47. The Morgan fingerprint density at radius 3 is 2.42 bits per heavy atom. The summed E-state index contributed by atoms with van der Waals surface area (Å²) in [6, 6.07) is 3.75. The van der Waals surface area contributed by atoms with Gasteiger partial charge >= 0.3 is 6.09 Å². The molecule has 0 bridgehead atoms. The first-order chi connectivity index (χ1) is 11.5. The zero-order valence-corrected chi connectivity index (χ0v) is 14.4. The van der Waals surface area contributed by atoms with Crippen molar-refractivity contribution in [2.24, 2.45) is 5.92 Å². The van der Waals surface area contributed by atoms with Gasteiger partial charge in [-0.15, -0.1) is 10.2 Å². The number of aromatic nitrogens is 2. The molecule has 132 valence electrons. The molecule has 2 rings (SSSR count). The molecule has 24 heavy (non-hydrogen) atoms. The molecule has 1 fully saturated rings. The third-order valence-corrected chi connectivity index (χ3v) is 3.81. The fourth-order valence-electron chi connectivity index (χ4n) is 2.38. The number of nitrogens with zero attached hydrogens (tertiary/aromatic N) is 3. The molecule has 0 atom stereocenters. The maximum atomic E-state index is 11.7. The molecule has 8 nitrogen and oxygen atoms in total. The molecule has 1 aliphatic heterocycles. The molecule has 1 saturated heterocycles. The summed E-state index contributed by atoms with van der Waals surface area (Å²) in [6.45, 7) is 7.16. The Labute approximate surface area is 142 Å². The van der Waals surface area contributed by atoms with Crippen LogP contribution in [-0.4, -0.2) is 52.8 Å². The van der Waals surface area contributed by atoms with Gasteiger partial charge in [0.25, 0.3) is 0 Å². The Bertz CT molecular complexity index is 553. The Balaban J connectivity index is 1.80. The Kier molecular flexibility index (Phi) is 6.34. The molecule has 0 spiro atoms. The van der Waals surface area contributed by atoms with Crippen molar-refractivity contribution in [3.05, 3.63) is 12.1 Å². The monoisotopic (exact) mass is 335 g/mol. The van der Waals surface area contributed by atoms with Crippen LogP contribution in [0.15, 0.2) is 12.1 Å². The van der Waals surface area contributed by atoms with Gasteiger partial charge in [-0.05, 0) is 31.9 Å². The summed E-state index contributed by atoms with van der Waals surface area (Å²) in [5, 5.41) is 14.1. The average molecular weight is 335 g/mol. The predicted molar refractivity (Wildman–Crippen MR) is 90.7 cm³/mol. The van der Waals surface area contributed by atoms with Crippen molar-refractivity contribution in [2.75, 3.05) is 30.3 Å². The number of carbonyl (C=O) groups excluding carboxylic acids is 2. The Morgan fingerprint density at radius 2 is 1.88 bits per heavy atom. The molecule has 0 aromatic carbocycles. The molecule has 0 radical (unpaired) electrons.